The van der Waals surface area contributed by atoms with Crippen LogP contribution in [-0.2, 0) is 30.9 Å². The maximum Gasteiger partial charge on any atom is 0 e. The van der Waals surface area contributed by atoms with E-state index in [0.29, 0.717) is 0 Å². The SMILES string of the molecule is CO.CO.CO.C[O][Sn]([OH])([O]C)[O]C.[Ti]. The molecule has 0 aromatic rings. The molecule has 0 radical (unpaired) electrons. The molecular formula is C6H22O7SnTi. The zero-order valence-corrected chi connectivity index (χ0v) is 14.4. The first-order valence-corrected chi connectivity index (χ1v) is 8.17. The van der Waals surface area contributed by atoms with Crippen molar-refractivity contribution in [1.82, 2.24) is 0 Å². The average molecular weight is 373 g/mol. The summed E-state index contributed by atoms with van der Waals surface area (Å²) in [5.41, 5.74) is 0. The molecule has 0 heterocycles. The molecule has 0 spiro atoms. The van der Waals surface area contributed by atoms with Crippen LogP contribution in [0.15, 0.2) is 0 Å². The quantitative estimate of drug-likeness (QED) is 0.432. The largest absolute Gasteiger partial charge is 0 e. The van der Waals surface area contributed by atoms with Gasteiger partial charge >= 0.3 is 54.0 Å². The van der Waals surface area contributed by atoms with Crippen LogP contribution in [0.5, 0.6) is 0 Å². The predicted molar refractivity (Wildman–Crippen MR) is 53.4 cm³/mol. The van der Waals surface area contributed by atoms with Crippen LogP contribution in [0, 0.1) is 0 Å². The van der Waals surface area contributed by atoms with E-state index in [1.807, 2.05) is 0 Å². The van der Waals surface area contributed by atoms with Gasteiger partial charge in [0.25, 0.3) is 0 Å². The average Bonchev–Trinajstić information content (AvgIpc) is 2.35. The van der Waals surface area contributed by atoms with Gasteiger partial charge in [0, 0.05) is 43.0 Å². The summed E-state index contributed by atoms with van der Waals surface area (Å²) in [6, 6.07) is 0. The van der Waals surface area contributed by atoms with E-state index >= 15 is 0 Å². The second-order valence-electron chi connectivity index (χ2n) is 1.14. The molecule has 0 aliphatic rings. The first kappa shape index (κ1) is 29.9. The van der Waals surface area contributed by atoms with Gasteiger partial charge in [-0.1, -0.05) is 0 Å². The number of aliphatic hydroxyl groups is 3. The Balaban J connectivity index is -0.0000000410. The zero-order chi connectivity index (χ0) is 12.6. The van der Waals surface area contributed by atoms with E-state index in [1.54, 1.807) is 0 Å². The molecule has 0 fully saturated rings. The van der Waals surface area contributed by atoms with E-state index in [9.17, 15) is 0 Å². The number of aliphatic hydroxyl groups excluding tert-OH is 3. The van der Waals surface area contributed by atoms with Crippen LogP contribution in [0.3, 0.4) is 0 Å². The summed E-state index contributed by atoms with van der Waals surface area (Å²) in [5.74, 6) is 0. The molecule has 15 heavy (non-hydrogen) atoms. The molecule has 0 aromatic carbocycles. The standard InChI is InChI=1S/3CH4O.3CH3O.H2O.Sn.Ti/c6*1-2;;;/h3*2H,1H3;3*1H3;1H2;;/q;;;3*-1;;+4;/p-1. The fourth-order valence-corrected chi connectivity index (χ4v) is 1.68. The third-order valence-corrected chi connectivity index (χ3v) is 5.19. The summed E-state index contributed by atoms with van der Waals surface area (Å²) >= 11 is -3.84. The van der Waals surface area contributed by atoms with Crippen LogP contribution in [0.1, 0.15) is 0 Å². The summed E-state index contributed by atoms with van der Waals surface area (Å²) in [6.07, 6.45) is 0. The molecule has 0 unspecified atom stereocenters. The maximum absolute atomic E-state index is 8.98. The van der Waals surface area contributed by atoms with Crippen molar-refractivity contribution in [3.63, 3.8) is 0 Å². The normalized spacial score (nSPS) is 7.60. The Morgan fingerprint density at radius 3 is 0.800 bits per heavy atom. The van der Waals surface area contributed by atoms with E-state index in [0.717, 1.165) is 21.3 Å². The van der Waals surface area contributed by atoms with Crippen molar-refractivity contribution in [3.8, 4) is 0 Å². The molecule has 0 atom stereocenters. The summed E-state index contributed by atoms with van der Waals surface area (Å²) < 4.78 is 22.7. The van der Waals surface area contributed by atoms with Crippen LogP contribution in [0.2, 0.25) is 0 Å². The van der Waals surface area contributed by atoms with Crippen LogP contribution in [-0.4, -0.2) is 81.5 Å². The topological polar surface area (TPSA) is 109 Å². The van der Waals surface area contributed by atoms with E-state index in [1.165, 1.54) is 21.3 Å². The fourth-order valence-electron chi connectivity index (χ4n) is 0.250. The van der Waals surface area contributed by atoms with E-state index < -0.39 is 20.0 Å². The van der Waals surface area contributed by atoms with Gasteiger partial charge in [0.1, 0.15) is 0 Å². The van der Waals surface area contributed by atoms with Gasteiger partial charge in [-0.05, 0) is 0 Å². The Morgan fingerprint density at radius 2 is 0.800 bits per heavy atom. The fraction of sp³-hybridized carbons (Fsp3) is 1.00. The van der Waals surface area contributed by atoms with Gasteiger partial charge in [0.2, 0.25) is 0 Å². The molecule has 0 amide bonds. The van der Waals surface area contributed by atoms with Crippen LogP contribution in [0.4, 0.5) is 0 Å². The second-order valence-corrected chi connectivity index (χ2v) is 7.62. The van der Waals surface area contributed by atoms with E-state index in [4.69, 9.17) is 18.8 Å². The molecule has 0 aliphatic carbocycles. The molecule has 0 bridgehead atoms. The van der Waals surface area contributed by atoms with Gasteiger partial charge in [-0.2, -0.15) is 0 Å². The molecule has 9 heteroatoms. The zero-order valence-electron chi connectivity index (χ0n) is 10.0. The Hall–Kier alpha value is 1.23. The Labute approximate surface area is 112 Å². The maximum atomic E-state index is 8.98. The van der Waals surface area contributed by atoms with Crippen LogP contribution in [0.25, 0.3) is 0 Å². The predicted octanol–water partition coefficient (Wildman–Crippen LogP) is -1.82. The molecule has 96 valence electrons. The van der Waals surface area contributed by atoms with Gasteiger partial charge in [0.05, 0.1) is 0 Å². The summed E-state index contributed by atoms with van der Waals surface area (Å²) in [4.78, 5) is 0. The smallest absolute Gasteiger partial charge is 0 e. The molecule has 4 N–H and O–H groups in total. The van der Waals surface area contributed by atoms with Crippen molar-refractivity contribution in [2.45, 2.75) is 0 Å². The molecular weight excluding hydrogens is 351 g/mol. The van der Waals surface area contributed by atoms with E-state index in [-0.39, 0.29) is 21.7 Å². The van der Waals surface area contributed by atoms with Crippen molar-refractivity contribution >= 4 is 20.0 Å². The molecule has 0 aromatic heterocycles. The Morgan fingerprint density at radius 1 is 0.667 bits per heavy atom. The monoisotopic (exact) mass is 374 g/mol. The van der Waals surface area contributed by atoms with Crippen molar-refractivity contribution in [2.24, 2.45) is 0 Å². The minimum absolute atomic E-state index is 0. The number of rotatable bonds is 3. The first-order valence-electron chi connectivity index (χ1n) is 3.40. The molecule has 0 saturated carbocycles. The van der Waals surface area contributed by atoms with Gasteiger partial charge in [-0.25, -0.2) is 0 Å². The summed E-state index contributed by atoms with van der Waals surface area (Å²) in [6.45, 7) is 0. The first-order chi connectivity index (χ1) is 6.68. The van der Waals surface area contributed by atoms with Gasteiger partial charge in [0.15, 0.2) is 0 Å². The van der Waals surface area contributed by atoms with Crippen molar-refractivity contribution in [2.75, 3.05) is 42.7 Å². The van der Waals surface area contributed by atoms with Crippen molar-refractivity contribution < 1.29 is 49.7 Å². The van der Waals surface area contributed by atoms with Crippen molar-refractivity contribution in [1.29, 1.82) is 0 Å². The molecule has 0 aliphatic heterocycles. The molecule has 0 rings (SSSR count). The Kier molecular flexibility index (Phi) is 58.6. The minimum Gasteiger partial charge on any atom is 0 e. The molecule has 0 saturated heterocycles. The molecule has 7 nitrogen and oxygen atoms in total. The van der Waals surface area contributed by atoms with Gasteiger partial charge < -0.3 is 15.3 Å². The third kappa shape index (κ3) is 25.5. The van der Waals surface area contributed by atoms with Crippen LogP contribution < -0.4 is 0 Å². The third-order valence-electron chi connectivity index (χ3n) is 0.774. The minimum atomic E-state index is -3.84. The summed E-state index contributed by atoms with van der Waals surface area (Å²) in [7, 11) is 7.09. The van der Waals surface area contributed by atoms with Gasteiger partial charge in [-0.15, -0.1) is 0 Å². The Bertz CT molecular complexity index is 66.2. The second kappa shape index (κ2) is 29.5. The number of hydrogen-bond donors (Lipinski definition) is 4. The number of hydrogen-bond acceptors (Lipinski definition) is 7. The van der Waals surface area contributed by atoms with Crippen molar-refractivity contribution in [3.05, 3.63) is 0 Å². The van der Waals surface area contributed by atoms with E-state index in [2.05, 4.69) is 9.22 Å². The van der Waals surface area contributed by atoms with Crippen LogP contribution >= 0.6 is 0 Å². The van der Waals surface area contributed by atoms with Gasteiger partial charge in [-0.3, -0.25) is 0 Å². The summed E-state index contributed by atoms with van der Waals surface area (Å²) in [5, 5.41) is 21.0.